The molecular formula is C10H16N2OS. The molecule has 0 aromatic carbocycles. The lowest BCUT2D eigenvalue weighted by molar-refractivity contribution is 0.385. The fourth-order valence-corrected chi connectivity index (χ4v) is 2.76. The van der Waals surface area contributed by atoms with Crippen LogP contribution < -0.4 is 5.32 Å². The maximum atomic E-state index is 5.01. The number of aryl methyl sites for hydroxylation is 1. The van der Waals surface area contributed by atoms with Gasteiger partial charge in [-0.2, -0.15) is 11.8 Å². The lowest BCUT2D eigenvalue weighted by atomic mass is 10.2. The smallest absolute Gasteiger partial charge is 0.133 e. The highest BCUT2D eigenvalue weighted by atomic mass is 32.2. The van der Waals surface area contributed by atoms with E-state index in [2.05, 4.69) is 10.5 Å². The second kappa shape index (κ2) is 4.84. The van der Waals surface area contributed by atoms with E-state index in [0.29, 0.717) is 6.04 Å². The second-order valence-electron chi connectivity index (χ2n) is 3.72. The van der Waals surface area contributed by atoms with Gasteiger partial charge in [-0.3, -0.25) is 0 Å². The van der Waals surface area contributed by atoms with Gasteiger partial charge in [0, 0.05) is 24.4 Å². The number of rotatable bonds is 3. The zero-order valence-electron chi connectivity index (χ0n) is 8.45. The largest absolute Gasteiger partial charge is 0.361 e. The van der Waals surface area contributed by atoms with E-state index < -0.39 is 0 Å². The van der Waals surface area contributed by atoms with E-state index in [1.165, 1.54) is 24.3 Å². The van der Waals surface area contributed by atoms with Crippen molar-refractivity contribution in [1.82, 2.24) is 10.5 Å². The average Bonchev–Trinajstić information content (AvgIpc) is 2.63. The molecule has 3 nitrogen and oxygen atoms in total. The van der Waals surface area contributed by atoms with E-state index in [0.717, 1.165) is 18.0 Å². The van der Waals surface area contributed by atoms with Crippen molar-refractivity contribution in [1.29, 1.82) is 0 Å². The van der Waals surface area contributed by atoms with Gasteiger partial charge in [-0.05, 0) is 25.5 Å². The summed E-state index contributed by atoms with van der Waals surface area (Å²) in [7, 11) is 0. The van der Waals surface area contributed by atoms with Crippen LogP contribution in [0.1, 0.15) is 24.3 Å². The summed E-state index contributed by atoms with van der Waals surface area (Å²) in [5.41, 5.74) is 1.01. The van der Waals surface area contributed by atoms with Gasteiger partial charge in [0.2, 0.25) is 0 Å². The molecule has 1 aliphatic rings. The highest BCUT2D eigenvalue weighted by Crippen LogP contribution is 2.17. The van der Waals surface area contributed by atoms with Crippen molar-refractivity contribution >= 4 is 11.8 Å². The van der Waals surface area contributed by atoms with Crippen molar-refractivity contribution in [2.45, 2.75) is 32.4 Å². The average molecular weight is 212 g/mol. The third-order valence-electron chi connectivity index (χ3n) is 2.41. The third-order valence-corrected chi connectivity index (χ3v) is 3.62. The molecule has 0 amide bonds. The Balaban J connectivity index is 1.76. The molecule has 4 heteroatoms. The Morgan fingerprint density at radius 3 is 3.29 bits per heavy atom. The van der Waals surface area contributed by atoms with Crippen molar-refractivity contribution in [2.75, 3.05) is 11.5 Å². The van der Waals surface area contributed by atoms with Crippen LogP contribution in [0.2, 0.25) is 0 Å². The zero-order chi connectivity index (χ0) is 9.80. The van der Waals surface area contributed by atoms with Gasteiger partial charge in [0.1, 0.15) is 5.76 Å². The SMILES string of the molecule is Cc1cc(CNC2CCCSC2)no1. The molecule has 0 radical (unpaired) electrons. The van der Waals surface area contributed by atoms with Crippen LogP contribution in [-0.4, -0.2) is 22.7 Å². The zero-order valence-corrected chi connectivity index (χ0v) is 9.27. The van der Waals surface area contributed by atoms with Crippen molar-refractivity contribution in [3.05, 3.63) is 17.5 Å². The number of nitrogens with zero attached hydrogens (tertiary/aromatic N) is 1. The van der Waals surface area contributed by atoms with E-state index in [-0.39, 0.29) is 0 Å². The first-order valence-electron chi connectivity index (χ1n) is 5.08. The summed E-state index contributed by atoms with van der Waals surface area (Å²) in [6, 6.07) is 2.65. The van der Waals surface area contributed by atoms with E-state index in [9.17, 15) is 0 Å². The molecule has 1 aromatic rings. The second-order valence-corrected chi connectivity index (χ2v) is 4.87. The molecular weight excluding hydrogens is 196 g/mol. The molecule has 14 heavy (non-hydrogen) atoms. The summed E-state index contributed by atoms with van der Waals surface area (Å²) in [5, 5.41) is 7.46. The van der Waals surface area contributed by atoms with Crippen LogP contribution >= 0.6 is 11.8 Å². The van der Waals surface area contributed by atoms with Gasteiger partial charge >= 0.3 is 0 Å². The number of hydrogen-bond donors (Lipinski definition) is 1. The van der Waals surface area contributed by atoms with Crippen LogP contribution in [-0.2, 0) is 6.54 Å². The van der Waals surface area contributed by atoms with Crippen LogP contribution in [0.5, 0.6) is 0 Å². The predicted molar refractivity (Wildman–Crippen MR) is 58.4 cm³/mol. The highest BCUT2D eigenvalue weighted by molar-refractivity contribution is 7.99. The van der Waals surface area contributed by atoms with Gasteiger partial charge < -0.3 is 9.84 Å². The molecule has 2 rings (SSSR count). The minimum atomic E-state index is 0.658. The first-order chi connectivity index (χ1) is 6.84. The van der Waals surface area contributed by atoms with E-state index in [1.807, 2.05) is 24.8 Å². The molecule has 2 heterocycles. The molecule has 1 N–H and O–H groups in total. The Morgan fingerprint density at radius 1 is 1.71 bits per heavy atom. The topological polar surface area (TPSA) is 38.1 Å². The van der Waals surface area contributed by atoms with Crippen LogP contribution in [0.4, 0.5) is 0 Å². The van der Waals surface area contributed by atoms with E-state index >= 15 is 0 Å². The number of hydrogen-bond acceptors (Lipinski definition) is 4. The molecule has 1 aromatic heterocycles. The van der Waals surface area contributed by atoms with Crippen molar-refractivity contribution in [3.63, 3.8) is 0 Å². The molecule has 1 aliphatic heterocycles. The first-order valence-corrected chi connectivity index (χ1v) is 6.23. The highest BCUT2D eigenvalue weighted by Gasteiger charge is 2.13. The van der Waals surface area contributed by atoms with Gasteiger partial charge in [0.15, 0.2) is 0 Å². The summed E-state index contributed by atoms with van der Waals surface area (Å²) in [5.74, 6) is 3.44. The van der Waals surface area contributed by atoms with Crippen molar-refractivity contribution in [2.24, 2.45) is 0 Å². The maximum absolute atomic E-state index is 5.01. The Morgan fingerprint density at radius 2 is 2.64 bits per heavy atom. The Bertz CT molecular complexity index is 281. The summed E-state index contributed by atoms with van der Waals surface area (Å²) in [6.45, 7) is 2.76. The minimum absolute atomic E-state index is 0.658. The molecule has 78 valence electrons. The van der Waals surface area contributed by atoms with Gasteiger partial charge in [-0.25, -0.2) is 0 Å². The number of thioether (sulfide) groups is 1. The van der Waals surface area contributed by atoms with Crippen LogP contribution in [0.3, 0.4) is 0 Å². The maximum Gasteiger partial charge on any atom is 0.133 e. The fraction of sp³-hybridized carbons (Fsp3) is 0.700. The molecule has 1 atom stereocenters. The Labute approximate surface area is 88.6 Å². The van der Waals surface area contributed by atoms with E-state index in [4.69, 9.17) is 4.52 Å². The van der Waals surface area contributed by atoms with Crippen molar-refractivity contribution < 1.29 is 4.52 Å². The molecule has 0 spiro atoms. The van der Waals surface area contributed by atoms with Crippen molar-refractivity contribution in [3.8, 4) is 0 Å². The van der Waals surface area contributed by atoms with E-state index in [1.54, 1.807) is 0 Å². The summed E-state index contributed by atoms with van der Waals surface area (Å²) >= 11 is 2.04. The predicted octanol–water partition coefficient (Wildman–Crippen LogP) is 1.97. The third kappa shape index (κ3) is 2.75. The molecule has 0 aliphatic carbocycles. The van der Waals surface area contributed by atoms with Gasteiger partial charge in [-0.1, -0.05) is 5.16 Å². The van der Waals surface area contributed by atoms with Crippen LogP contribution in [0, 0.1) is 6.92 Å². The number of nitrogens with one attached hydrogen (secondary N) is 1. The fourth-order valence-electron chi connectivity index (χ4n) is 1.65. The first kappa shape index (κ1) is 10.1. The Hall–Kier alpha value is -0.480. The molecule has 1 fully saturated rings. The van der Waals surface area contributed by atoms with Gasteiger partial charge in [0.05, 0.1) is 5.69 Å². The van der Waals surface area contributed by atoms with Crippen LogP contribution in [0.15, 0.2) is 10.6 Å². The minimum Gasteiger partial charge on any atom is -0.361 e. The van der Waals surface area contributed by atoms with Gasteiger partial charge in [0.25, 0.3) is 0 Å². The quantitative estimate of drug-likeness (QED) is 0.831. The lowest BCUT2D eigenvalue weighted by Crippen LogP contribution is -2.33. The lowest BCUT2D eigenvalue weighted by Gasteiger charge is -2.21. The van der Waals surface area contributed by atoms with Gasteiger partial charge in [-0.15, -0.1) is 0 Å². The molecule has 1 unspecified atom stereocenters. The molecule has 0 saturated carbocycles. The molecule has 0 bridgehead atoms. The number of aromatic nitrogens is 1. The summed E-state index contributed by atoms with van der Waals surface area (Å²) in [6.07, 6.45) is 2.63. The normalized spacial score (nSPS) is 22.5. The Kier molecular flexibility index (Phi) is 3.48. The summed E-state index contributed by atoms with van der Waals surface area (Å²) in [4.78, 5) is 0. The monoisotopic (exact) mass is 212 g/mol. The standard InChI is InChI=1S/C10H16N2OS/c1-8-5-10(12-13-8)6-11-9-3-2-4-14-7-9/h5,9,11H,2-4,6-7H2,1H3. The molecule has 1 saturated heterocycles. The summed E-state index contributed by atoms with van der Waals surface area (Å²) < 4.78 is 5.01. The van der Waals surface area contributed by atoms with Crippen LogP contribution in [0.25, 0.3) is 0 Å².